The Morgan fingerprint density at radius 1 is 1.38 bits per heavy atom. The number of rotatable bonds is 4. The number of anilines is 1. The monoisotopic (exact) mass is 308 g/mol. The molecule has 1 unspecified atom stereocenters. The summed E-state index contributed by atoms with van der Waals surface area (Å²) in [5.41, 5.74) is 9.01. The van der Waals surface area contributed by atoms with Gasteiger partial charge in [-0.15, -0.1) is 12.4 Å². The average molecular weight is 309 g/mol. The third-order valence-electron chi connectivity index (χ3n) is 3.18. The van der Waals surface area contributed by atoms with Gasteiger partial charge in [-0.1, -0.05) is 19.1 Å². The maximum atomic E-state index is 12.2. The number of aryl methyl sites for hydroxylation is 2. The lowest BCUT2D eigenvalue weighted by atomic mass is 10.1. The highest BCUT2D eigenvalue weighted by atomic mass is 35.5. The van der Waals surface area contributed by atoms with Crippen molar-refractivity contribution >= 4 is 24.0 Å². The highest BCUT2D eigenvalue weighted by Gasteiger charge is 2.14. The molecule has 1 atom stereocenters. The number of hydrogen-bond donors (Lipinski definition) is 2. The Labute approximate surface area is 130 Å². The van der Waals surface area contributed by atoms with E-state index in [2.05, 4.69) is 10.4 Å². The molecule has 3 N–H and O–H groups in total. The van der Waals surface area contributed by atoms with Crippen LogP contribution in [0.15, 0.2) is 30.5 Å². The van der Waals surface area contributed by atoms with Crippen LogP contribution >= 0.6 is 12.4 Å². The number of nitrogens with two attached hydrogens (primary N) is 1. The van der Waals surface area contributed by atoms with Crippen LogP contribution in [0.3, 0.4) is 0 Å². The van der Waals surface area contributed by atoms with Gasteiger partial charge >= 0.3 is 0 Å². The van der Waals surface area contributed by atoms with Gasteiger partial charge in [0, 0.05) is 25.0 Å². The van der Waals surface area contributed by atoms with Crippen LogP contribution in [0.2, 0.25) is 0 Å². The summed E-state index contributed by atoms with van der Waals surface area (Å²) in [6, 6.07) is 7.55. The number of aromatic nitrogens is 2. The largest absolute Gasteiger partial charge is 0.324 e. The van der Waals surface area contributed by atoms with Gasteiger partial charge in [-0.2, -0.15) is 5.10 Å². The van der Waals surface area contributed by atoms with Gasteiger partial charge in [0.05, 0.1) is 11.3 Å². The lowest BCUT2D eigenvalue weighted by molar-refractivity contribution is 0.102. The van der Waals surface area contributed by atoms with Crippen LogP contribution in [0.25, 0.3) is 0 Å². The molecule has 2 rings (SSSR count). The summed E-state index contributed by atoms with van der Waals surface area (Å²) >= 11 is 0. The lowest BCUT2D eigenvalue weighted by Gasteiger charge is -2.08. The molecule has 1 aromatic heterocycles. The third-order valence-corrected chi connectivity index (χ3v) is 3.18. The Balaban J connectivity index is 0.00000220. The van der Waals surface area contributed by atoms with Gasteiger partial charge in [0.2, 0.25) is 0 Å². The molecule has 21 heavy (non-hydrogen) atoms. The summed E-state index contributed by atoms with van der Waals surface area (Å²) in [4.78, 5) is 12.2. The van der Waals surface area contributed by atoms with Crippen LogP contribution < -0.4 is 11.1 Å². The van der Waals surface area contributed by atoms with Gasteiger partial charge in [-0.3, -0.25) is 9.48 Å². The summed E-state index contributed by atoms with van der Waals surface area (Å²) in [6.07, 6.45) is 2.47. The van der Waals surface area contributed by atoms with Crippen LogP contribution in [0, 0.1) is 0 Å². The molecule has 0 aliphatic carbocycles. The van der Waals surface area contributed by atoms with E-state index in [9.17, 15) is 4.79 Å². The molecule has 0 aliphatic rings. The van der Waals surface area contributed by atoms with Crippen molar-refractivity contribution in [3.63, 3.8) is 0 Å². The number of hydrogen-bond acceptors (Lipinski definition) is 3. The summed E-state index contributed by atoms with van der Waals surface area (Å²) < 4.78 is 1.66. The van der Waals surface area contributed by atoms with E-state index in [4.69, 9.17) is 5.73 Å². The van der Waals surface area contributed by atoms with Gasteiger partial charge in [-0.25, -0.2) is 0 Å². The first-order valence-electron chi connectivity index (χ1n) is 6.70. The smallest absolute Gasteiger partial charge is 0.259 e. The fourth-order valence-electron chi connectivity index (χ4n) is 2.05. The number of nitrogens with zero attached hydrogens (tertiary/aromatic N) is 2. The van der Waals surface area contributed by atoms with Crippen molar-refractivity contribution < 1.29 is 4.79 Å². The van der Waals surface area contributed by atoms with Crippen molar-refractivity contribution in [1.82, 2.24) is 9.78 Å². The van der Waals surface area contributed by atoms with Crippen LogP contribution in [0.4, 0.5) is 5.69 Å². The second-order valence-electron chi connectivity index (χ2n) is 4.88. The van der Waals surface area contributed by atoms with E-state index in [1.807, 2.05) is 45.2 Å². The van der Waals surface area contributed by atoms with Gasteiger partial charge in [-0.05, 0) is 31.0 Å². The van der Waals surface area contributed by atoms with E-state index < -0.39 is 0 Å². The van der Waals surface area contributed by atoms with Crippen molar-refractivity contribution in [2.45, 2.75) is 26.3 Å². The van der Waals surface area contributed by atoms with Crippen molar-refractivity contribution in [2.75, 3.05) is 5.32 Å². The first kappa shape index (κ1) is 17.2. The Morgan fingerprint density at radius 2 is 2.00 bits per heavy atom. The first-order chi connectivity index (χ1) is 9.51. The molecule has 0 radical (unpaired) electrons. The van der Waals surface area contributed by atoms with Crippen LogP contribution in [0.1, 0.15) is 41.5 Å². The molecule has 0 spiro atoms. The Kier molecular flexibility index (Phi) is 5.93. The van der Waals surface area contributed by atoms with Crippen molar-refractivity contribution in [3.05, 3.63) is 47.3 Å². The van der Waals surface area contributed by atoms with E-state index in [-0.39, 0.29) is 24.4 Å². The van der Waals surface area contributed by atoms with Crippen LogP contribution in [-0.2, 0) is 13.5 Å². The lowest BCUT2D eigenvalue weighted by Crippen LogP contribution is -2.13. The molecule has 0 saturated carbocycles. The zero-order valence-corrected chi connectivity index (χ0v) is 13.3. The Bertz CT molecular complexity index is 605. The molecule has 1 aromatic carbocycles. The fraction of sp³-hybridized carbons (Fsp3) is 0.333. The molecule has 1 amide bonds. The Hall–Kier alpha value is -1.85. The predicted molar refractivity (Wildman–Crippen MR) is 86.8 cm³/mol. The summed E-state index contributed by atoms with van der Waals surface area (Å²) in [6.45, 7) is 3.91. The summed E-state index contributed by atoms with van der Waals surface area (Å²) in [5.74, 6) is -0.136. The number of carbonyl (C=O) groups excluding carboxylic acids is 1. The molecule has 1 heterocycles. The van der Waals surface area contributed by atoms with Crippen molar-refractivity contribution in [1.29, 1.82) is 0 Å². The van der Waals surface area contributed by atoms with E-state index >= 15 is 0 Å². The molecule has 0 aliphatic heterocycles. The van der Waals surface area contributed by atoms with Crippen LogP contribution in [0.5, 0.6) is 0 Å². The molecular weight excluding hydrogens is 288 g/mol. The predicted octanol–water partition coefficient (Wildman–Crippen LogP) is 2.68. The zero-order valence-electron chi connectivity index (χ0n) is 12.5. The highest BCUT2D eigenvalue weighted by molar-refractivity contribution is 6.04. The Morgan fingerprint density at radius 3 is 2.52 bits per heavy atom. The molecule has 0 saturated heterocycles. The second-order valence-corrected chi connectivity index (χ2v) is 4.88. The molecular formula is C15H21ClN4O. The average Bonchev–Trinajstić information content (AvgIpc) is 2.80. The third kappa shape index (κ3) is 4.06. The van der Waals surface area contributed by atoms with E-state index in [0.717, 1.165) is 23.4 Å². The maximum absolute atomic E-state index is 12.2. The topological polar surface area (TPSA) is 72.9 Å². The van der Waals surface area contributed by atoms with Crippen molar-refractivity contribution in [2.24, 2.45) is 12.8 Å². The quantitative estimate of drug-likeness (QED) is 0.912. The molecule has 6 heteroatoms. The molecule has 0 fully saturated rings. The fourth-order valence-corrected chi connectivity index (χ4v) is 2.05. The minimum Gasteiger partial charge on any atom is -0.324 e. The molecule has 2 aromatic rings. The molecule has 0 bridgehead atoms. The van der Waals surface area contributed by atoms with E-state index in [0.29, 0.717) is 5.56 Å². The SMILES string of the molecule is CCc1nn(C)cc1C(=O)Nc1ccc(C(C)N)cc1.Cl. The number of halogens is 1. The van der Waals surface area contributed by atoms with Gasteiger partial charge in [0.1, 0.15) is 0 Å². The summed E-state index contributed by atoms with van der Waals surface area (Å²) in [5, 5.41) is 7.15. The highest BCUT2D eigenvalue weighted by Crippen LogP contribution is 2.16. The molecule has 5 nitrogen and oxygen atoms in total. The van der Waals surface area contributed by atoms with Crippen molar-refractivity contribution in [3.8, 4) is 0 Å². The van der Waals surface area contributed by atoms with E-state index in [1.54, 1.807) is 10.9 Å². The van der Waals surface area contributed by atoms with Gasteiger partial charge < -0.3 is 11.1 Å². The summed E-state index contributed by atoms with van der Waals surface area (Å²) in [7, 11) is 1.81. The van der Waals surface area contributed by atoms with Gasteiger partial charge in [0.25, 0.3) is 5.91 Å². The standard InChI is InChI=1S/C15H20N4O.ClH/c1-4-14-13(9-19(3)18-14)15(20)17-12-7-5-11(6-8-12)10(2)16;/h5-10H,4,16H2,1-3H3,(H,17,20);1H. The number of carbonyl (C=O) groups is 1. The maximum Gasteiger partial charge on any atom is 0.259 e. The van der Waals surface area contributed by atoms with Gasteiger partial charge in [0.15, 0.2) is 0 Å². The normalized spacial score (nSPS) is 11.6. The first-order valence-corrected chi connectivity index (χ1v) is 6.70. The number of amides is 1. The number of nitrogens with one attached hydrogen (secondary N) is 1. The minimum atomic E-state index is -0.136. The second kappa shape index (κ2) is 7.24. The van der Waals surface area contributed by atoms with Crippen LogP contribution in [-0.4, -0.2) is 15.7 Å². The molecule has 114 valence electrons. The minimum absolute atomic E-state index is 0. The van der Waals surface area contributed by atoms with E-state index in [1.165, 1.54) is 0 Å². The zero-order chi connectivity index (χ0) is 14.7. The number of benzene rings is 1.